The fourth-order valence-corrected chi connectivity index (χ4v) is 3.71. The molecular weight excluding hydrogens is 238 g/mol. The molecule has 3 nitrogen and oxygen atoms in total. The van der Waals surface area contributed by atoms with Gasteiger partial charge in [-0.15, -0.1) is 0 Å². The Hall–Kier alpha value is -1.06. The summed E-state index contributed by atoms with van der Waals surface area (Å²) >= 11 is 0. The summed E-state index contributed by atoms with van der Waals surface area (Å²) in [6.45, 7) is 6.34. The first-order chi connectivity index (χ1) is 8.97. The van der Waals surface area contributed by atoms with Gasteiger partial charge < -0.3 is 15.2 Å². The van der Waals surface area contributed by atoms with Crippen LogP contribution in [0.4, 0.5) is 0 Å². The van der Waals surface area contributed by atoms with Gasteiger partial charge in [-0.1, -0.05) is 17.7 Å². The monoisotopic (exact) mass is 261 g/mol. The van der Waals surface area contributed by atoms with Crippen molar-refractivity contribution in [3.63, 3.8) is 0 Å². The van der Waals surface area contributed by atoms with Crippen LogP contribution in [0.15, 0.2) is 18.2 Å². The first-order valence-corrected chi connectivity index (χ1v) is 7.18. The second-order valence-corrected chi connectivity index (χ2v) is 6.30. The Kier molecular flexibility index (Phi) is 3.06. The molecule has 0 aromatic heterocycles. The topological polar surface area (TPSA) is 44.5 Å². The molecule has 1 fully saturated rings. The average molecular weight is 261 g/mol. The summed E-state index contributed by atoms with van der Waals surface area (Å²) < 4.78 is 12.2. The second kappa shape index (κ2) is 4.50. The van der Waals surface area contributed by atoms with Crippen LogP contribution in [0.1, 0.15) is 50.3 Å². The lowest BCUT2D eigenvalue weighted by Gasteiger charge is -2.47. The van der Waals surface area contributed by atoms with E-state index in [1.54, 1.807) is 0 Å². The fraction of sp³-hybridized carbons (Fsp3) is 0.625. The van der Waals surface area contributed by atoms with E-state index in [0.29, 0.717) is 0 Å². The van der Waals surface area contributed by atoms with Crippen molar-refractivity contribution in [2.75, 3.05) is 0 Å². The lowest BCUT2D eigenvalue weighted by Crippen LogP contribution is -2.51. The molecule has 3 rings (SSSR count). The highest BCUT2D eigenvalue weighted by Crippen LogP contribution is 2.45. The largest absolute Gasteiger partial charge is 0.487 e. The number of aryl methyl sites for hydroxylation is 1. The van der Waals surface area contributed by atoms with E-state index in [4.69, 9.17) is 15.2 Å². The van der Waals surface area contributed by atoms with Crippen LogP contribution in [-0.4, -0.2) is 17.8 Å². The van der Waals surface area contributed by atoms with E-state index in [-0.39, 0.29) is 23.9 Å². The second-order valence-electron chi connectivity index (χ2n) is 6.30. The van der Waals surface area contributed by atoms with Gasteiger partial charge in [-0.05, 0) is 26.8 Å². The summed E-state index contributed by atoms with van der Waals surface area (Å²) in [5.74, 6) is 0.964. The minimum absolute atomic E-state index is 0.0705. The van der Waals surface area contributed by atoms with Gasteiger partial charge in [-0.25, -0.2) is 0 Å². The SMILES string of the molecule is Cc1ccc2c(c1)C(N)CC1(CC(C)OC(C)C1)O2. The number of hydrogen-bond acceptors (Lipinski definition) is 3. The van der Waals surface area contributed by atoms with Crippen molar-refractivity contribution in [1.29, 1.82) is 0 Å². The molecule has 2 N–H and O–H groups in total. The summed E-state index contributed by atoms with van der Waals surface area (Å²) in [5.41, 5.74) is 8.64. The molecule has 2 heterocycles. The molecule has 0 bridgehead atoms. The smallest absolute Gasteiger partial charge is 0.124 e. The average Bonchev–Trinajstić information content (AvgIpc) is 2.28. The predicted octanol–water partition coefficient (Wildman–Crippen LogP) is 3.10. The third-order valence-electron chi connectivity index (χ3n) is 4.27. The highest BCUT2D eigenvalue weighted by molar-refractivity contribution is 5.41. The van der Waals surface area contributed by atoms with Crippen molar-refractivity contribution in [2.24, 2.45) is 5.73 Å². The number of ether oxygens (including phenoxy) is 2. The van der Waals surface area contributed by atoms with Gasteiger partial charge in [-0.3, -0.25) is 0 Å². The van der Waals surface area contributed by atoms with Gasteiger partial charge in [0.1, 0.15) is 11.4 Å². The van der Waals surface area contributed by atoms with E-state index in [0.717, 1.165) is 30.6 Å². The molecule has 0 radical (unpaired) electrons. The standard InChI is InChI=1S/C16H23NO2/c1-10-4-5-15-13(6-10)14(17)9-16(19-15)7-11(2)18-12(3)8-16/h4-6,11-12,14H,7-9,17H2,1-3H3. The van der Waals surface area contributed by atoms with Crippen LogP contribution in [-0.2, 0) is 4.74 Å². The zero-order chi connectivity index (χ0) is 13.6. The lowest BCUT2D eigenvalue weighted by atomic mass is 9.78. The van der Waals surface area contributed by atoms with Crippen molar-refractivity contribution in [3.8, 4) is 5.75 Å². The number of benzene rings is 1. The van der Waals surface area contributed by atoms with E-state index >= 15 is 0 Å². The van der Waals surface area contributed by atoms with Crippen LogP contribution in [0.25, 0.3) is 0 Å². The van der Waals surface area contributed by atoms with Crippen LogP contribution in [0, 0.1) is 6.92 Å². The van der Waals surface area contributed by atoms with Crippen LogP contribution >= 0.6 is 0 Å². The summed E-state index contributed by atoms with van der Waals surface area (Å²) in [6.07, 6.45) is 3.23. The van der Waals surface area contributed by atoms with Crippen LogP contribution < -0.4 is 10.5 Å². The van der Waals surface area contributed by atoms with Gasteiger partial charge in [0.15, 0.2) is 0 Å². The van der Waals surface area contributed by atoms with Crippen LogP contribution in [0.3, 0.4) is 0 Å². The Morgan fingerprint density at radius 1 is 1.16 bits per heavy atom. The Bertz CT molecular complexity index is 476. The first-order valence-electron chi connectivity index (χ1n) is 7.18. The molecule has 2 aliphatic rings. The molecule has 0 saturated carbocycles. The summed E-state index contributed by atoms with van der Waals surface area (Å²) in [7, 11) is 0. The Balaban J connectivity index is 1.94. The Morgan fingerprint density at radius 3 is 2.53 bits per heavy atom. The molecule has 19 heavy (non-hydrogen) atoms. The van der Waals surface area contributed by atoms with E-state index in [1.807, 2.05) is 0 Å². The van der Waals surface area contributed by atoms with Crippen molar-refractivity contribution in [1.82, 2.24) is 0 Å². The predicted molar refractivity (Wildman–Crippen MR) is 75.3 cm³/mol. The van der Waals surface area contributed by atoms with Gasteiger partial charge in [-0.2, -0.15) is 0 Å². The number of hydrogen-bond donors (Lipinski definition) is 1. The highest BCUT2D eigenvalue weighted by Gasteiger charge is 2.45. The zero-order valence-corrected chi connectivity index (χ0v) is 12.0. The fourth-order valence-electron chi connectivity index (χ4n) is 3.71. The molecule has 104 valence electrons. The summed E-state index contributed by atoms with van der Waals surface area (Å²) in [4.78, 5) is 0. The van der Waals surface area contributed by atoms with Crippen molar-refractivity contribution < 1.29 is 9.47 Å². The first kappa shape index (κ1) is 12.9. The summed E-state index contributed by atoms with van der Waals surface area (Å²) in [6, 6.07) is 6.38. The van der Waals surface area contributed by atoms with Crippen molar-refractivity contribution >= 4 is 0 Å². The van der Waals surface area contributed by atoms with Crippen molar-refractivity contribution in [3.05, 3.63) is 29.3 Å². The lowest BCUT2D eigenvalue weighted by molar-refractivity contribution is -0.129. The third-order valence-corrected chi connectivity index (χ3v) is 4.27. The van der Waals surface area contributed by atoms with E-state index in [9.17, 15) is 0 Å². The maximum atomic E-state index is 6.39. The molecule has 0 amide bonds. The Morgan fingerprint density at radius 2 is 1.84 bits per heavy atom. The van der Waals surface area contributed by atoms with E-state index < -0.39 is 0 Å². The van der Waals surface area contributed by atoms with Crippen LogP contribution in [0.2, 0.25) is 0 Å². The van der Waals surface area contributed by atoms with Crippen LogP contribution in [0.5, 0.6) is 5.75 Å². The van der Waals surface area contributed by atoms with Gasteiger partial charge >= 0.3 is 0 Å². The molecule has 2 aliphatic heterocycles. The zero-order valence-electron chi connectivity index (χ0n) is 12.0. The maximum absolute atomic E-state index is 6.39. The normalized spacial score (nSPS) is 37.8. The molecule has 0 aliphatic carbocycles. The van der Waals surface area contributed by atoms with Gasteiger partial charge in [0.2, 0.25) is 0 Å². The van der Waals surface area contributed by atoms with E-state index in [2.05, 4.69) is 39.0 Å². The highest BCUT2D eigenvalue weighted by atomic mass is 16.5. The van der Waals surface area contributed by atoms with E-state index in [1.165, 1.54) is 5.56 Å². The third kappa shape index (κ3) is 2.37. The van der Waals surface area contributed by atoms with Gasteiger partial charge in [0.05, 0.1) is 12.2 Å². The molecule has 3 unspecified atom stereocenters. The molecule has 1 spiro atoms. The molecular formula is C16H23NO2. The number of rotatable bonds is 0. The Labute approximate surface area is 115 Å². The minimum Gasteiger partial charge on any atom is -0.487 e. The quantitative estimate of drug-likeness (QED) is 0.780. The summed E-state index contributed by atoms with van der Waals surface area (Å²) in [5, 5.41) is 0. The maximum Gasteiger partial charge on any atom is 0.124 e. The minimum atomic E-state index is -0.140. The molecule has 3 atom stereocenters. The molecule has 3 heteroatoms. The number of nitrogens with two attached hydrogens (primary N) is 1. The molecule has 1 saturated heterocycles. The molecule has 1 aromatic rings. The van der Waals surface area contributed by atoms with Crippen molar-refractivity contribution in [2.45, 2.75) is 63.9 Å². The molecule has 1 aromatic carbocycles. The van der Waals surface area contributed by atoms with Gasteiger partial charge in [0, 0.05) is 30.9 Å². The van der Waals surface area contributed by atoms with Gasteiger partial charge in [0.25, 0.3) is 0 Å². The number of fused-ring (bicyclic) bond motifs is 1.